The zero-order valence-corrected chi connectivity index (χ0v) is 9.93. The van der Waals surface area contributed by atoms with E-state index >= 15 is 0 Å². The molecule has 2 N–H and O–H groups in total. The number of rotatable bonds is 8. The molecule has 0 saturated carbocycles. The molecule has 0 radical (unpaired) electrons. The summed E-state index contributed by atoms with van der Waals surface area (Å²) in [6, 6.07) is 4.17. The fourth-order valence-electron chi connectivity index (χ4n) is 1.25. The standard InChI is InChI=1S/C11H19NO2S/c1-10(11-4-2-7-14-11)12-5-9-15-8-3-6-13/h2,4,7,10,12-13H,3,5-6,8-9H2,1H3. The summed E-state index contributed by atoms with van der Waals surface area (Å²) in [6.45, 7) is 3.36. The van der Waals surface area contributed by atoms with Crippen molar-refractivity contribution in [2.24, 2.45) is 0 Å². The van der Waals surface area contributed by atoms with Gasteiger partial charge in [-0.05, 0) is 31.2 Å². The Bertz CT molecular complexity index is 239. The normalized spacial score (nSPS) is 12.9. The van der Waals surface area contributed by atoms with Crippen LogP contribution in [0.25, 0.3) is 0 Å². The average molecular weight is 229 g/mol. The molecule has 0 fully saturated rings. The van der Waals surface area contributed by atoms with Crippen molar-refractivity contribution in [2.75, 3.05) is 24.7 Å². The van der Waals surface area contributed by atoms with Crippen LogP contribution in [-0.4, -0.2) is 29.8 Å². The van der Waals surface area contributed by atoms with Crippen molar-refractivity contribution in [2.45, 2.75) is 19.4 Å². The fourth-order valence-corrected chi connectivity index (χ4v) is 2.05. The van der Waals surface area contributed by atoms with Crippen LogP contribution in [0.5, 0.6) is 0 Å². The number of thioether (sulfide) groups is 1. The summed E-state index contributed by atoms with van der Waals surface area (Å²) in [6.07, 6.45) is 2.59. The van der Waals surface area contributed by atoms with E-state index in [1.807, 2.05) is 23.9 Å². The molecule has 0 spiro atoms. The lowest BCUT2D eigenvalue weighted by Gasteiger charge is -2.10. The maximum absolute atomic E-state index is 8.59. The molecule has 0 amide bonds. The molecule has 4 heteroatoms. The number of hydrogen-bond acceptors (Lipinski definition) is 4. The Balaban J connectivity index is 2.00. The van der Waals surface area contributed by atoms with Crippen LogP contribution >= 0.6 is 11.8 Å². The van der Waals surface area contributed by atoms with E-state index < -0.39 is 0 Å². The van der Waals surface area contributed by atoms with Gasteiger partial charge in [0.2, 0.25) is 0 Å². The van der Waals surface area contributed by atoms with Gasteiger partial charge in [0.25, 0.3) is 0 Å². The third-order valence-corrected chi connectivity index (χ3v) is 3.18. The van der Waals surface area contributed by atoms with Gasteiger partial charge < -0.3 is 14.8 Å². The first-order valence-corrected chi connectivity index (χ1v) is 6.45. The summed E-state index contributed by atoms with van der Waals surface area (Å²) in [5, 5.41) is 12.0. The maximum atomic E-state index is 8.59. The largest absolute Gasteiger partial charge is 0.468 e. The first-order valence-electron chi connectivity index (χ1n) is 5.30. The van der Waals surface area contributed by atoms with Gasteiger partial charge in [0.05, 0.1) is 12.3 Å². The van der Waals surface area contributed by atoms with Crippen LogP contribution in [0.2, 0.25) is 0 Å². The summed E-state index contributed by atoms with van der Waals surface area (Å²) >= 11 is 1.86. The van der Waals surface area contributed by atoms with Crippen LogP contribution < -0.4 is 5.32 Å². The molecule has 0 aliphatic rings. The summed E-state index contributed by atoms with van der Waals surface area (Å²) in [5.74, 6) is 3.09. The SMILES string of the molecule is CC(NCCSCCCO)c1ccco1. The molecule has 15 heavy (non-hydrogen) atoms. The van der Waals surface area contributed by atoms with Gasteiger partial charge in [-0.15, -0.1) is 0 Å². The van der Waals surface area contributed by atoms with E-state index in [2.05, 4.69) is 12.2 Å². The van der Waals surface area contributed by atoms with Crippen LogP contribution in [-0.2, 0) is 0 Å². The highest BCUT2D eigenvalue weighted by molar-refractivity contribution is 7.99. The van der Waals surface area contributed by atoms with Gasteiger partial charge in [0.1, 0.15) is 5.76 Å². The van der Waals surface area contributed by atoms with E-state index in [1.54, 1.807) is 6.26 Å². The van der Waals surface area contributed by atoms with Gasteiger partial charge in [-0.25, -0.2) is 0 Å². The van der Waals surface area contributed by atoms with Crippen LogP contribution in [0.4, 0.5) is 0 Å². The first-order chi connectivity index (χ1) is 7.34. The van der Waals surface area contributed by atoms with Crippen LogP contribution in [0.15, 0.2) is 22.8 Å². The zero-order valence-electron chi connectivity index (χ0n) is 9.11. The van der Waals surface area contributed by atoms with Crippen LogP contribution in [0.1, 0.15) is 25.1 Å². The van der Waals surface area contributed by atoms with Gasteiger partial charge >= 0.3 is 0 Å². The molecule has 1 rings (SSSR count). The Labute approximate surface area is 95.2 Å². The van der Waals surface area contributed by atoms with Crippen LogP contribution in [0, 0.1) is 0 Å². The Hall–Kier alpha value is -0.450. The van der Waals surface area contributed by atoms with E-state index in [1.165, 1.54) is 0 Å². The highest BCUT2D eigenvalue weighted by atomic mass is 32.2. The Morgan fingerprint density at radius 3 is 3.07 bits per heavy atom. The lowest BCUT2D eigenvalue weighted by molar-refractivity contribution is 0.296. The molecule has 0 saturated heterocycles. The van der Waals surface area contributed by atoms with Crippen molar-refractivity contribution in [3.63, 3.8) is 0 Å². The second-order valence-corrected chi connectivity index (χ2v) is 4.61. The molecule has 1 aromatic heterocycles. The lowest BCUT2D eigenvalue weighted by Crippen LogP contribution is -2.21. The van der Waals surface area contributed by atoms with E-state index in [-0.39, 0.29) is 6.04 Å². The number of hydrogen-bond donors (Lipinski definition) is 2. The minimum atomic E-state index is 0.276. The smallest absolute Gasteiger partial charge is 0.120 e. The molecule has 0 aliphatic carbocycles. The summed E-state index contributed by atoms with van der Waals surface area (Å²) in [4.78, 5) is 0. The summed E-state index contributed by atoms with van der Waals surface area (Å²) in [7, 11) is 0. The molecule has 0 aromatic carbocycles. The van der Waals surface area contributed by atoms with Crippen molar-refractivity contribution in [3.05, 3.63) is 24.2 Å². The van der Waals surface area contributed by atoms with Crippen LogP contribution in [0.3, 0.4) is 0 Å². The van der Waals surface area contributed by atoms with Gasteiger partial charge in [-0.2, -0.15) is 11.8 Å². The molecule has 1 atom stereocenters. The Kier molecular flexibility index (Phi) is 6.55. The van der Waals surface area contributed by atoms with Gasteiger partial charge in [-0.1, -0.05) is 0 Å². The molecular weight excluding hydrogens is 210 g/mol. The first kappa shape index (κ1) is 12.6. The van der Waals surface area contributed by atoms with Gasteiger partial charge in [-0.3, -0.25) is 0 Å². The molecule has 0 aliphatic heterocycles. The molecule has 1 heterocycles. The van der Waals surface area contributed by atoms with E-state index in [0.29, 0.717) is 6.61 Å². The second kappa shape index (κ2) is 7.79. The fraction of sp³-hybridized carbons (Fsp3) is 0.636. The number of furan rings is 1. The highest BCUT2D eigenvalue weighted by Gasteiger charge is 2.05. The summed E-state index contributed by atoms with van der Waals surface area (Å²) in [5.41, 5.74) is 0. The monoisotopic (exact) mass is 229 g/mol. The number of aliphatic hydroxyl groups excluding tert-OH is 1. The van der Waals surface area contributed by atoms with E-state index in [4.69, 9.17) is 9.52 Å². The molecule has 1 unspecified atom stereocenters. The maximum Gasteiger partial charge on any atom is 0.120 e. The molecule has 1 aromatic rings. The van der Waals surface area contributed by atoms with Crippen molar-refractivity contribution in [1.29, 1.82) is 0 Å². The third kappa shape index (κ3) is 5.25. The van der Waals surface area contributed by atoms with Crippen molar-refractivity contribution in [3.8, 4) is 0 Å². The topological polar surface area (TPSA) is 45.4 Å². The van der Waals surface area contributed by atoms with Crippen molar-refractivity contribution in [1.82, 2.24) is 5.32 Å². The number of aliphatic hydroxyl groups is 1. The molecule has 0 bridgehead atoms. The molecular formula is C11H19NO2S. The molecule has 86 valence electrons. The predicted molar refractivity (Wildman–Crippen MR) is 64.2 cm³/mol. The van der Waals surface area contributed by atoms with E-state index in [9.17, 15) is 0 Å². The van der Waals surface area contributed by atoms with Gasteiger partial charge in [0.15, 0.2) is 0 Å². The minimum absolute atomic E-state index is 0.276. The predicted octanol–water partition coefficient (Wildman–Crippen LogP) is 2.05. The number of nitrogens with one attached hydrogen (secondary N) is 1. The summed E-state index contributed by atoms with van der Waals surface area (Å²) < 4.78 is 5.29. The second-order valence-electron chi connectivity index (χ2n) is 3.38. The van der Waals surface area contributed by atoms with E-state index in [0.717, 1.165) is 30.2 Å². The Morgan fingerprint density at radius 1 is 1.53 bits per heavy atom. The highest BCUT2D eigenvalue weighted by Crippen LogP contribution is 2.12. The average Bonchev–Trinajstić information content (AvgIpc) is 2.76. The minimum Gasteiger partial charge on any atom is -0.468 e. The zero-order chi connectivity index (χ0) is 10.9. The van der Waals surface area contributed by atoms with Crippen molar-refractivity contribution < 1.29 is 9.52 Å². The third-order valence-electron chi connectivity index (χ3n) is 2.11. The van der Waals surface area contributed by atoms with Crippen molar-refractivity contribution >= 4 is 11.8 Å². The van der Waals surface area contributed by atoms with Gasteiger partial charge in [0, 0.05) is 18.9 Å². The lowest BCUT2D eigenvalue weighted by atomic mass is 10.2. The molecule has 3 nitrogen and oxygen atoms in total. The quantitative estimate of drug-likeness (QED) is 0.670. The Morgan fingerprint density at radius 2 is 2.40 bits per heavy atom.